The fourth-order valence-corrected chi connectivity index (χ4v) is 2.70. The van der Waals surface area contributed by atoms with Crippen molar-refractivity contribution in [3.05, 3.63) is 65.5 Å². The zero-order valence-electron chi connectivity index (χ0n) is 12.6. The Labute approximate surface area is 125 Å². The van der Waals surface area contributed by atoms with Crippen molar-refractivity contribution in [2.45, 2.75) is 25.8 Å². The highest BCUT2D eigenvalue weighted by Crippen LogP contribution is 2.17. The predicted octanol–water partition coefficient (Wildman–Crippen LogP) is 3.05. The van der Waals surface area contributed by atoms with Gasteiger partial charge in [0, 0.05) is 19.5 Å². The molecule has 0 saturated heterocycles. The zero-order chi connectivity index (χ0) is 14.8. The second-order valence-electron chi connectivity index (χ2n) is 5.75. The molecule has 1 heterocycles. The molecule has 0 bridgehead atoms. The number of para-hydroxylation sites is 2. The van der Waals surface area contributed by atoms with E-state index in [-0.39, 0.29) is 6.04 Å². The number of fused-ring (bicyclic) bond motifs is 1. The van der Waals surface area contributed by atoms with Crippen LogP contribution in [0.4, 0.5) is 0 Å². The maximum Gasteiger partial charge on any atom is 0.114 e. The van der Waals surface area contributed by atoms with Crippen molar-refractivity contribution in [1.82, 2.24) is 9.55 Å². The highest BCUT2D eigenvalue weighted by molar-refractivity contribution is 5.75. The van der Waals surface area contributed by atoms with E-state index in [0.717, 1.165) is 24.2 Å². The second kappa shape index (κ2) is 5.70. The number of rotatable bonds is 4. The predicted molar refractivity (Wildman–Crippen MR) is 87.3 cm³/mol. The first-order valence-corrected chi connectivity index (χ1v) is 7.37. The summed E-state index contributed by atoms with van der Waals surface area (Å²) >= 11 is 0. The van der Waals surface area contributed by atoms with Crippen molar-refractivity contribution < 1.29 is 0 Å². The Bertz CT molecular complexity index is 739. The summed E-state index contributed by atoms with van der Waals surface area (Å²) in [5.41, 5.74) is 10.6. The fourth-order valence-electron chi connectivity index (χ4n) is 2.70. The lowest BCUT2D eigenvalue weighted by molar-refractivity contribution is 0.737. The van der Waals surface area contributed by atoms with Crippen molar-refractivity contribution >= 4 is 11.0 Å². The number of nitrogens with zero attached hydrogens (tertiary/aromatic N) is 2. The van der Waals surface area contributed by atoms with E-state index in [1.807, 2.05) is 13.0 Å². The molecule has 1 aromatic heterocycles. The summed E-state index contributed by atoms with van der Waals surface area (Å²) in [4.78, 5) is 4.72. The van der Waals surface area contributed by atoms with Gasteiger partial charge in [-0.1, -0.05) is 36.4 Å². The van der Waals surface area contributed by atoms with Gasteiger partial charge in [0.15, 0.2) is 0 Å². The van der Waals surface area contributed by atoms with E-state index in [0.29, 0.717) is 0 Å². The Morgan fingerprint density at radius 3 is 2.38 bits per heavy atom. The van der Waals surface area contributed by atoms with Crippen molar-refractivity contribution in [3.8, 4) is 0 Å². The van der Waals surface area contributed by atoms with Crippen molar-refractivity contribution in [1.29, 1.82) is 0 Å². The van der Waals surface area contributed by atoms with Gasteiger partial charge in [0.25, 0.3) is 0 Å². The van der Waals surface area contributed by atoms with Crippen LogP contribution in [0.2, 0.25) is 0 Å². The van der Waals surface area contributed by atoms with Gasteiger partial charge in [-0.15, -0.1) is 0 Å². The molecule has 3 heteroatoms. The minimum absolute atomic E-state index is 0.204. The Balaban J connectivity index is 1.83. The van der Waals surface area contributed by atoms with E-state index in [2.05, 4.69) is 54.1 Å². The van der Waals surface area contributed by atoms with Crippen molar-refractivity contribution in [2.75, 3.05) is 0 Å². The molecule has 0 aliphatic rings. The minimum Gasteiger partial charge on any atom is -0.331 e. The van der Waals surface area contributed by atoms with Crippen molar-refractivity contribution in [3.63, 3.8) is 0 Å². The molecule has 2 N–H and O–H groups in total. The van der Waals surface area contributed by atoms with Crippen molar-refractivity contribution in [2.24, 2.45) is 12.8 Å². The fraction of sp³-hybridized carbons (Fsp3) is 0.278. The molecular weight excluding hydrogens is 258 g/mol. The van der Waals surface area contributed by atoms with Crippen LogP contribution in [0, 0.1) is 0 Å². The van der Waals surface area contributed by atoms with Crippen LogP contribution in [0.15, 0.2) is 48.5 Å². The Morgan fingerprint density at radius 1 is 1.05 bits per heavy atom. The van der Waals surface area contributed by atoms with Crippen LogP contribution >= 0.6 is 0 Å². The van der Waals surface area contributed by atoms with Gasteiger partial charge in [0.05, 0.1) is 11.0 Å². The van der Waals surface area contributed by atoms with E-state index in [4.69, 9.17) is 10.7 Å². The normalized spacial score (nSPS) is 12.7. The van der Waals surface area contributed by atoms with Gasteiger partial charge in [-0.3, -0.25) is 0 Å². The number of hydrogen-bond donors (Lipinski definition) is 1. The standard InChI is InChI=1S/C18H21N3/c1-13(19)11-14-7-9-15(10-8-14)12-18-20-16-5-3-4-6-17(16)21(18)2/h3-10,13H,11-12,19H2,1-2H3. The monoisotopic (exact) mass is 279 g/mol. The van der Waals surface area contributed by atoms with E-state index in [9.17, 15) is 0 Å². The molecule has 1 atom stereocenters. The Morgan fingerprint density at radius 2 is 1.71 bits per heavy atom. The number of aryl methyl sites for hydroxylation is 1. The highest BCUT2D eigenvalue weighted by Gasteiger charge is 2.08. The van der Waals surface area contributed by atoms with Crippen LogP contribution in [0.25, 0.3) is 11.0 Å². The van der Waals surface area contributed by atoms with Crippen LogP contribution in [0.5, 0.6) is 0 Å². The smallest absolute Gasteiger partial charge is 0.114 e. The number of aromatic nitrogens is 2. The molecular formula is C18H21N3. The summed E-state index contributed by atoms with van der Waals surface area (Å²) in [5, 5.41) is 0. The quantitative estimate of drug-likeness (QED) is 0.797. The molecule has 2 aromatic carbocycles. The second-order valence-corrected chi connectivity index (χ2v) is 5.75. The number of imidazole rings is 1. The molecule has 0 aliphatic heterocycles. The molecule has 0 radical (unpaired) electrons. The van der Waals surface area contributed by atoms with E-state index < -0.39 is 0 Å². The molecule has 3 nitrogen and oxygen atoms in total. The average Bonchev–Trinajstić information content (AvgIpc) is 2.78. The van der Waals surface area contributed by atoms with Gasteiger partial charge in [0.2, 0.25) is 0 Å². The third kappa shape index (κ3) is 2.98. The lowest BCUT2D eigenvalue weighted by Crippen LogP contribution is -2.17. The van der Waals surface area contributed by atoms with Crippen LogP contribution in [-0.4, -0.2) is 15.6 Å². The first kappa shape index (κ1) is 13.8. The summed E-state index contributed by atoms with van der Waals surface area (Å²) in [7, 11) is 2.08. The minimum atomic E-state index is 0.204. The molecule has 0 saturated carbocycles. The topological polar surface area (TPSA) is 43.8 Å². The molecule has 0 spiro atoms. The van der Waals surface area contributed by atoms with Gasteiger partial charge < -0.3 is 10.3 Å². The number of nitrogens with two attached hydrogens (primary N) is 1. The van der Waals surface area contributed by atoms with Gasteiger partial charge in [-0.05, 0) is 36.6 Å². The highest BCUT2D eigenvalue weighted by atomic mass is 15.1. The average molecular weight is 279 g/mol. The molecule has 3 rings (SSSR count). The first-order valence-electron chi connectivity index (χ1n) is 7.37. The van der Waals surface area contributed by atoms with Gasteiger partial charge in [-0.2, -0.15) is 0 Å². The largest absolute Gasteiger partial charge is 0.331 e. The SMILES string of the molecule is CC(N)Cc1ccc(Cc2nc3ccccc3n2C)cc1. The van der Waals surface area contributed by atoms with Crippen LogP contribution in [0.1, 0.15) is 23.9 Å². The van der Waals surface area contributed by atoms with E-state index in [1.54, 1.807) is 0 Å². The maximum atomic E-state index is 5.84. The molecule has 21 heavy (non-hydrogen) atoms. The first-order chi connectivity index (χ1) is 10.1. The third-order valence-corrected chi connectivity index (χ3v) is 3.82. The maximum absolute atomic E-state index is 5.84. The molecule has 3 aromatic rings. The van der Waals surface area contributed by atoms with Gasteiger partial charge >= 0.3 is 0 Å². The summed E-state index contributed by atoms with van der Waals surface area (Å²) in [6.07, 6.45) is 1.77. The zero-order valence-corrected chi connectivity index (χ0v) is 12.6. The van der Waals surface area contributed by atoms with E-state index >= 15 is 0 Å². The molecule has 108 valence electrons. The van der Waals surface area contributed by atoms with Crippen LogP contribution in [0.3, 0.4) is 0 Å². The molecule has 0 aliphatic carbocycles. The summed E-state index contributed by atoms with van der Waals surface area (Å²) in [6, 6.07) is 17.1. The summed E-state index contributed by atoms with van der Waals surface area (Å²) < 4.78 is 2.17. The summed E-state index contributed by atoms with van der Waals surface area (Å²) in [6.45, 7) is 2.04. The molecule has 0 fully saturated rings. The van der Waals surface area contributed by atoms with Crippen LogP contribution < -0.4 is 5.73 Å². The van der Waals surface area contributed by atoms with E-state index in [1.165, 1.54) is 16.6 Å². The Hall–Kier alpha value is -2.13. The third-order valence-electron chi connectivity index (χ3n) is 3.82. The Kier molecular flexibility index (Phi) is 3.76. The number of benzene rings is 2. The molecule has 0 amide bonds. The van der Waals surface area contributed by atoms with Crippen LogP contribution in [-0.2, 0) is 19.9 Å². The summed E-state index contributed by atoms with van der Waals surface area (Å²) in [5.74, 6) is 1.09. The van der Waals surface area contributed by atoms with Gasteiger partial charge in [-0.25, -0.2) is 4.98 Å². The lowest BCUT2D eigenvalue weighted by Gasteiger charge is -2.07. The lowest BCUT2D eigenvalue weighted by atomic mass is 10.0. The number of hydrogen-bond acceptors (Lipinski definition) is 2. The molecule has 1 unspecified atom stereocenters. The van der Waals surface area contributed by atoms with Gasteiger partial charge in [0.1, 0.15) is 5.82 Å².